The van der Waals surface area contributed by atoms with Crippen LogP contribution in [0.5, 0.6) is 0 Å². The molecule has 0 fully saturated rings. The predicted molar refractivity (Wildman–Crippen MR) is 100 cm³/mol. The molecule has 0 aromatic carbocycles. The van der Waals surface area contributed by atoms with Crippen LogP contribution in [-0.4, -0.2) is 29.1 Å². The molecule has 0 spiro atoms. The van der Waals surface area contributed by atoms with E-state index in [1.807, 2.05) is 0 Å². The number of unbranched alkanes of at least 4 members (excludes halogenated alkanes) is 14. The molecule has 3 nitrogen and oxygen atoms in total. The molecule has 0 unspecified atom stereocenters. The van der Waals surface area contributed by atoms with Gasteiger partial charge in [0.15, 0.2) is 6.19 Å². The number of nitriles is 1. The second-order valence-corrected chi connectivity index (χ2v) is 8.42. The number of nitrogens with zero attached hydrogens (tertiary/aromatic N) is 1. The van der Waals surface area contributed by atoms with Gasteiger partial charge in [-0.1, -0.05) is 39.0 Å². The van der Waals surface area contributed by atoms with Crippen molar-refractivity contribution < 1.29 is 4.79 Å². The van der Waals surface area contributed by atoms with Crippen LogP contribution in [0, 0.1) is 11.5 Å². The van der Waals surface area contributed by atoms with Gasteiger partial charge in [0.2, 0.25) is 0 Å². The molecule has 4 heteroatoms. The van der Waals surface area contributed by atoms with Crippen molar-refractivity contribution in [2.24, 2.45) is 5.73 Å². The van der Waals surface area contributed by atoms with Gasteiger partial charge in [0, 0.05) is 0 Å². The van der Waals surface area contributed by atoms with Crippen molar-refractivity contribution >= 4 is 29.1 Å². The summed E-state index contributed by atoms with van der Waals surface area (Å²) in [6.07, 6.45) is 23.0. The van der Waals surface area contributed by atoms with E-state index >= 15 is 0 Å². The Labute approximate surface area is 160 Å². The van der Waals surface area contributed by atoms with E-state index in [0.717, 1.165) is 38.6 Å². The minimum atomic E-state index is 0.486. The van der Waals surface area contributed by atoms with Crippen molar-refractivity contribution in [1.29, 1.82) is 5.26 Å². The van der Waals surface area contributed by atoms with Crippen LogP contribution in [-0.2, 0) is 4.79 Å². The van der Waals surface area contributed by atoms with Crippen LogP contribution in [0.3, 0.4) is 0 Å². The Balaban J connectivity index is 0. The first-order valence-electron chi connectivity index (χ1n) is 9.53. The molecule has 0 aliphatic heterocycles. The first kappa shape index (κ1) is 25.1. The van der Waals surface area contributed by atoms with Gasteiger partial charge in [-0.2, -0.15) is 5.26 Å². The van der Waals surface area contributed by atoms with Crippen molar-refractivity contribution in [1.82, 2.24) is 0 Å². The Hall–Kier alpha value is -0.118. The fraction of sp³-hybridized carbons (Fsp3) is 0.895. The van der Waals surface area contributed by atoms with Gasteiger partial charge in [-0.25, -0.2) is 0 Å². The summed E-state index contributed by atoms with van der Waals surface area (Å²) in [5.41, 5.74) is 4.15. The fourth-order valence-electron chi connectivity index (χ4n) is 2.66. The third kappa shape index (κ3) is 30.4. The maximum Gasteiger partial charge on any atom is 0.173 e. The summed E-state index contributed by atoms with van der Waals surface area (Å²) in [7, 11) is 0. The number of nitrogens with two attached hydrogens (primary N) is 1. The summed E-state index contributed by atoms with van der Waals surface area (Å²) in [5, 5.41) is 7.10. The third-order valence-electron chi connectivity index (χ3n) is 4.01. The summed E-state index contributed by atoms with van der Waals surface area (Å²) in [6, 6.07) is 0. The normalized spacial score (nSPS) is 9.78. The molecule has 0 bridgehead atoms. The second kappa shape index (κ2) is 24.1. The van der Waals surface area contributed by atoms with Crippen LogP contribution in [0.1, 0.15) is 110 Å². The zero-order valence-corrected chi connectivity index (χ0v) is 19.1. The summed E-state index contributed by atoms with van der Waals surface area (Å²) in [6.45, 7) is 2.28. The van der Waals surface area contributed by atoms with Crippen LogP contribution >= 0.6 is 0 Å². The number of carbonyl (C=O) groups excluding carboxylic acids is 1. The standard InChI is InChI=1S/C18H35O.CH2N2.Pb/c1-2-3-4-5-6-7-8-9-10-11-12-13-14-15-16-17-18-19;2-1-3;/h2-17H2,1H3;2H2;. The quantitative estimate of drug-likeness (QED) is 0.130. The van der Waals surface area contributed by atoms with E-state index in [1.54, 1.807) is 0 Å². The van der Waals surface area contributed by atoms with Crippen LogP contribution < -0.4 is 5.73 Å². The van der Waals surface area contributed by atoms with Crippen LogP contribution in [0.15, 0.2) is 0 Å². The van der Waals surface area contributed by atoms with E-state index in [9.17, 15) is 4.79 Å². The van der Waals surface area contributed by atoms with Gasteiger partial charge in [0.1, 0.15) is 0 Å². The molecule has 0 aliphatic carbocycles. The van der Waals surface area contributed by atoms with Crippen molar-refractivity contribution in [3.05, 3.63) is 0 Å². The minimum absolute atomic E-state index is 0.486. The second-order valence-electron chi connectivity index (χ2n) is 6.25. The number of hydrogen-bond acceptors (Lipinski definition) is 3. The zero-order chi connectivity index (χ0) is 17.6. The molecule has 0 saturated heterocycles. The molecule has 23 heavy (non-hydrogen) atoms. The number of rotatable bonds is 16. The largest absolute Gasteiger partial charge is 0.337 e. The van der Waals surface area contributed by atoms with E-state index < -0.39 is 0 Å². The Kier molecular flexibility index (Phi) is 26.4. The number of carbonyl (C=O) groups is 1. The molecule has 0 saturated carbocycles. The monoisotopic (exact) mass is 517 g/mol. The smallest absolute Gasteiger partial charge is 0.173 e. The maximum absolute atomic E-state index is 10.8. The molecule has 133 valence electrons. The first-order chi connectivity index (χ1) is 11.2. The summed E-state index contributed by atoms with van der Waals surface area (Å²) in [4.78, 5) is 10.8. The van der Waals surface area contributed by atoms with Gasteiger partial charge in [-0.3, -0.25) is 0 Å². The van der Waals surface area contributed by atoms with Gasteiger partial charge < -0.3 is 5.73 Å². The van der Waals surface area contributed by atoms with E-state index in [0.29, 0.717) is 3.34 Å². The summed E-state index contributed by atoms with van der Waals surface area (Å²) >= 11 is 0.751. The van der Waals surface area contributed by atoms with Crippen molar-refractivity contribution in [2.75, 3.05) is 0 Å². The topological polar surface area (TPSA) is 66.9 Å². The maximum atomic E-state index is 10.8. The van der Waals surface area contributed by atoms with Crippen LogP contribution in [0.2, 0.25) is 0 Å². The molecule has 0 atom stereocenters. The minimum Gasteiger partial charge on any atom is -0.337 e. The van der Waals surface area contributed by atoms with E-state index in [1.165, 1.54) is 96.1 Å². The predicted octanol–water partition coefficient (Wildman–Crippen LogP) is 5.37. The summed E-state index contributed by atoms with van der Waals surface area (Å²) < 4.78 is 0.486. The average molecular weight is 517 g/mol. The van der Waals surface area contributed by atoms with Crippen molar-refractivity contribution in [2.45, 2.75) is 110 Å². The third-order valence-corrected chi connectivity index (χ3v) is 4.98. The molecule has 0 amide bonds. The Bertz CT molecular complexity index is 277. The molecular formula is C19H37N2OPb. The molecule has 0 rings (SSSR count). The summed E-state index contributed by atoms with van der Waals surface area (Å²) in [5.74, 6) is 0. The van der Waals surface area contributed by atoms with Gasteiger partial charge in [-0.05, 0) is 0 Å². The van der Waals surface area contributed by atoms with E-state index in [2.05, 4.69) is 12.7 Å². The molecule has 0 aliphatic rings. The molecule has 3 radical (unpaired) electrons. The van der Waals surface area contributed by atoms with E-state index in [4.69, 9.17) is 5.26 Å². The van der Waals surface area contributed by atoms with Gasteiger partial charge in [0.05, 0.1) is 0 Å². The molecule has 0 aromatic heterocycles. The zero-order valence-electron chi connectivity index (χ0n) is 15.2. The van der Waals surface area contributed by atoms with Crippen LogP contribution in [0.4, 0.5) is 0 Å². The Morgan fingerprint density at radius 1 is 0.783 bits per heavy atom. The Morgan fingerprint density at radius 2 is 1.04 bits per heavy atom. The van der Waals surface area contributed by atoms with Gasteiger partial charge in [0.25, 0.3) is 0 Å². The fourth-order valence-corrected chi connectivity index (χ4v) is 3.34. The molecule has 2 N–H and O–H groups in total. The van der Waals surface area contributed by atoms with Crippen LogP contribution in [0.25, 0.3) is 0 Å². The van der Waals surface area contributed by atoms with Gasteiger partial charge >= 0.3 is 105 Å². The van der Waals surface area contributed by atoms with Crippen molar-refractivity contribution in [3.63, 3.8) is 0 Å². The molecule has 0 aromatic rings. The average Bonchev–Trinajstić information content (AvgIpc) is 2.51. The first-order valence-corrected chi connectivity index (χ1v) is 11.5. The van der Waals surface area contributed by atoms with Crippen molar-refractivity contribution in [3.8, 4) is 6.19 Å². The number of hydrogen-bond donors (Lipinski definition) is 1. The van der Waals surface area contributed by atoms with E-state index in [-0.39, 0.29) is 0 Å². The molecular weight excluding hydrogens is 479 g/mol. The molecule has 0 heterocycles. The van der Waals surface area contributed by atoms with Gasteiger partial charge in [-0.15, -0.1) is 0 Å². The Morgan fingerprint density at radius 3 is 1.30 bits per heavy atom. The SMILES string of the molecule is CCCCCCCCCCCCCCCCC[C](=O)[Pb].N#CN.